The molecule has 2 aromatic carbocycles. The second kappa shape index (κ2) is 8.18. The molecule has 0 unspecified atom stereocenters. The average molecular weight is 446 g/mol. The average Bonchev–Trinajstić information content (AvgIpc) is 3.30. The van der Waals surface area contributed by atoms with Crippen LogP contribution in [0.15, 0.2) is 64.9 Å². The summed E-state index contributed by atoms with van der Waals surface area (Å²) >= 11 is 6.88. The van der Waals surface area contributed by atoms with Gasteiger partial charge in [-0.1, -0.05) is 35.9 Å². The van der Waals surface area contributed by atoms with E-state index in [1.54, 1.807) is 18.2 Å². The highest BCUT2D eigenvalue weighted by molar-refractivity contribution is 7.94. The molecule has 29 heavy (non-hydrogen) atoms. The van der Waals surface area contributed by atoms with E-state index in [4.69, 9.17) is 16.6 Å². The molecule has 5 nitrogen and oxygen atoms in total. The van der Waals surface area contributed by atoms with Crippen molar-refractivity contribution >= 4 is 49.7 Å². The van der Waals surface area contributed by atoms with Gasteiger partial charge in [-0.05, 0) is 55.3 Å². The molecule has 0 saturated carbocycles. The molecule has 150 valence electrons. The minimum Gasteiger partial charge on any atom is -0.328 e. The van der Waals surface area contributed by atoms with Gasteiger partial charge in [-0.3, -0.25) is 4.72 Å². The van der Waals surface area contributed by atoms with Gasteiger partial charge < -0.3 is 4.57 Å². The number of hydrogen-bond donors (Lipinski definition) is 1. The molecular weight excluding hydrogens is 426 g/mol. The number of nitrogens with zero attached hydrogens (tertiary/aromatic N) is 2. The van der Waals surface area contributed by atoms with E-state index in [0.29, 0.717) is 10.0 Å². The van der Waals surface area contributed by atoms with Crippen molar-refractivity contribution in [3.8, 4) is 0 Å². The zero-order valence-electron chi connectivity index (χ0n) is 15.8. The monoisotopic (exact) mass is 445 g/mol. The van der Waals surface area contributed by atoms with E-state index in [1.165, 1.54) is 6.07 Å². The maximum Gasteiger partial charge on any atom is 0.271 e. The summed E-state index contributed by atoms with van der Waals surface area (Å²) in [6.07, 6.45) is 1.65. The zero-order valence-corrected chi connectivity index (χ0v) is 18.2. The van der Waals surface area contributed by atoms with Crippen LogP contribution in [0.2, 0.25) is 4.34 Å². The topological polar surface area (TPSA) is 64.0 Å². The summed E-state index contributed by atoms with van der Waals surface area (Å²) in [5, 5.41) is 0. The molecule has 2 aromatic heterocycles. The summed E-state index contributed by atoms with van der Waals surface area (Å²) in [7, 11) is -3.61. The SMILES string of the molecule is CCn1c(CCc2ccc(NS(=O)(=O)c3ccc(Cl)s3)cc2)nc2ccccc21. The van der Waals surface area contributed by atoms with Gasteiger partial charge in [-0.2, -0.15) is 0 Å². The molecule has 0 spiro atoms. The number of nitrogens with one attached hydrogen (secondary N) is 1. The Morgan fingerprint density at radius 2 is 1.79 bits per heavy atom. The predicted molar refractivity (Wildman–Crippen MR) is 119 cm³/mol. The van der Waals surface area contributed by atoms with E-state index in [0.717, 1.165) is 53.1 Å². The van der Waals surface area contributed by atoms with Crippen LogP contribution in [0.1, 0.15) is 18.3 Å². The number of fused-ring (bicyclic) bond motifs is 1. The first-order valence-corrected chi connectivity index (χ1v) is 12.0. The number of sulfonamides is 1. The summed E-state index contributed by atoms with van der Waals surface area (Å²) in [4.78, 5) is 4.76. The lowest BCUT2D eigenvalue weighted by Crippen LogP contribution is -2.11. The highest BCUT2D eigenvalue weighted by Crippen LogP contribution is 2.27. The number of benzene rings is 2. The summed E-state index contributed by atoms with van der Waals surface area (Å²) < 4.78 is 30.3. The van der Waals surface area contributed by atoms with Crippen molar-refractivity contribution < 1.29 is 8.42 Å². The fourth-order valence-corrected chi connectivity index (χ4v) is 5.85. The van der Waals surface area contributed by atoms with Crippen LogP contribution in [0, 0.1) is 0 Å². The first-order valence-electron chi connectivity index (χ1n) is 9.27. The molecule has 4 aromatic rings. The number of aryl methyl sites for hydroxylation is 3. The number of rotatable bonds is 7. The predicted octanol–water partition coefficient (Wildman–Crippen LogP) is 5.36. The molecule has 0 atom stereocenters. The lowest BCUT2D eigenvalue weighted by atomic mass is 10.1. The highest BCUT2D eigenvalue weighted by atomic mass is 35.5. The molecule has 0 saturated heterocycles. The van der Waals surface area contributed by atoms with Crippen LogP contribution in [0.4, 0.5) is 5.69 Å². The second-order valence-corrected chi connectivity index (χ2v) is 10.2. The van der Waals surface area contributed by atoms with E-state index in [9.17, 15) is 8.42 Å². The van der Waals surface area contributed by atoms with E-state index in [1.807, 2.05) is 30.3 Å². The van der Waals surface area contributed by atoms with Crippen molar-refractivity contribution in [2.75, 3.05) is 4.72 Å². The second-order valence-electron chi connectivity index (χ2n) is 6.62. The van der Waals surface area contributed by atoms with Crippen LogP contribution in [-0.4, -0.2) is 18.0 Å². The van der Waals surface area contributed by atoms with Crippen molar-refractivity contribution in [2.24, 2.45) is 0 Å². The van der Waals surface area contributed by atoms with Crippen molar-refractivity contribution in [3.63, 3.8) is 0 Å². The summed E-state index contributed by atoms with van der Waals surface area (Å²) in [5.41, 5.74) is 3.83. The number of halogens is 1. The van der Waals surface area contributed by atoms with Gasteiger partial charge in [-0.25, -0.2) is 13.4 Å². The van der Waals surface area contributed by atoms with Crippen LogP contribution in [0.5, 0.6) is 0 Å². The van der Waals surface area contributed by atoms with E-state index >= 15 is 0 Å². The van der Waals surface area contributed by atoms with E-state index in [-0.39, 0.29) is 4.21 Å². The third-order valence-electron chi connectivity index (χ3n) is 4.71. The Kier molecular flexibility index (Phi) is 5.63. The Hall–Kier alpha value is -2.35. The fourth-order valence-electron chi connectivity index (χ4n) is 3.31. The summed E-state index contributed by atoms with van der Waals surface area (Å²) in [6.45, 7) is 3.00. The van der Waals surface area contributed by atoms with Crippen molar-refractivity contribution in [3.05, 3.63) is 76.4 Å². The fraction of sp³-hybridized carbons (Fsp3) is 0.190. The minimum atomic E-state index is -3.61. The van der Waals surface area contributed by atoms with Crippen molar-refractivity contribution in [1.82, 2.24) is 9.55 Å². The van der Waals surface area contributed by atoms with Crippen molar-refractivity contribution in [1.29, 1.82) is 0 Å². The largest absolute Gasteiger partial charge is 0.328 e. The highest BCUT2D eigenvalue weighted by Gasteiger charge is 2.16. The van der Waals surface area contributed by atoms with Crippen LogP contribution in [0.3, 0.4) is 0 Å². The number of thiophene rings is 1. The molecule has 0 radical (unpaired) electrons. The lowest BCUT2D eigenvalue weighted by Gasteiger charge is -2.08. The minimum absolute atomic E-state index is 0.199. The van der Waals surface area contributed by atoms with Gasteiger partial charge in [0.1, 0.15) is 10.0 Å². The number of hydrogen-bond acceptors (Lipinski definition) is 4. The Morgan fingerprint density at radius 1 is 1.03 bits per heavy atom. The maximum absolute atomic E-state index is 12.4. The van der Waals surface area contributed by atoms with E-state index in [2.05, 4.69) is 22.3 Å². The van der Waals surface area contributed by atoms with Crippen LogP contribution in [0.25, 0.3) is 11.0 Å². The number of anilines is 1. The molecule has 0 aliphatic carbocycles. The summed E-state index contributed by atoms with van der Waals surface area (Å²) in [6, 6.07) is 18.7. The molecule has 2 heterocycles. The van der Waals surface area contributed by atoms with Crippen LogP contribution >= 0.6 is 22.9 Å². The number of aromatic nitrogens is 2. The molecule has 0 aliphatic rings. The van der Waals surface area contributed by atoms with Gasteiger partial charge in [0.25, 0.3) is 10.0 Å². The smallest absolute Gasteiger partial charge is 0.271 e. The molecule has 1 N–H and O–H groups in total. The standard InChI is InChI=1S/C21H20ClN3O2S2/c1-2-25-18-6-4-3-5-17(18)23-20(25)13-9-15-7-10-16(11-8-15)24-29(26,27)21-14-12-19(22)28-21/h3-8,10-12,14,24H,2,9,13H2,1H3. The van der Waals surface area contributed by atoms with Crippen LogP contribution in [-0.2, 0) is 29.4 Å². The van der Waals surface area contributed by atoms with Gasteiger partial charge >= 0.3 is 0 Å². The van der Waals surface area contributed by atoms with Gasteiger partial charge in [-0.15, -0.1) is 11.3 Å². The Bertz CT molecular complexity index is 1240. The number of para-hydroxylation sites is 2. The Balaban J connectivity index is 1.45. The van der Waals surface area contributed by atoms with Gasteiger partial charge in [0.15, 0.2) is 0 Å². The van der Waals surface area contributed by atoms with Gasteiger partial charge in [0.05, 0.1) is 15.4 Å². The zero-order chi connectivity index (χ0) is 20.4. The Labute approximate surface area is 179 Å². The van der Waals surface area contributed by atoms with Crippen molar-refractivity contribution in [2.45, 2.75) is 30.5 Å². The molecule has 0 fully saturated rings. The molecule has 0 bridgehead atoms. The molecule has 4 rings (SSSR count). The lowest BCUT2D eigenvalue weighted by molar-refractivity contribution is 0.603. The molecular formula is C21H20ClN3O2S2. The van der Waals surface area contributed by atoms with E-state index < -0.39 is 10.0 Å². The summed E-state index contributed by atoms with van der Waals surface area (Å²) in [5.74, 6) is 1.06. The number of imidazole rings is 1. The van der Waals surface area contributed by atoms with Gasteiger partial charge in [0, 0.05) is 18.7 Å². The van der Waals surface area contributed by atoms with Gasteiger partial charge in [0.2, 0.25) is 0 Å². The molecule has 0 aliphatic heterocycles. The first-order chi connectivity index (χ1) is 14.0. The third-order valence-corrected chi connectivity index (χ3v) is 7.81. The molecule has 8 heteroatoms. The third kappa shape index (κ3) is 4.32. The molecule has 0 amide bonds. The van der Waals surface area contributed by atoms with Crippen LogP contribution < -0.4 is 4.72 Å². The Morgan fingerprint density at radius 3 is 2.48 bits per heavy atom. The normalized spacial score (nSPS) is 11.8. The quantitative estimate of drug-likeness (QED) is 0.416. The maximum atomic E-state index is 12.4. The first kappa shape index (κ1) is 19.9.